The minimum Gasteiger partial charge on any atom is -0.411 e. The van der Waals surface area contributed by atoms with Crippen LogP contribution in [-0.2, 0) is 27.4 Å². The molecule has 2 aliphatic heterocycles. The number of hydrogen-bond donors (Lipinski definition) is 2. The van der Waals surface area contributed by atoms with E-state index in [4.69, 9.17) is 21.3 Å². The van der Waals surface area contributed by atoms with Crippen LogP contribution in [0.25, 0.3) is 0 Å². The number of ether oxygens (including phenoxy) is 1. The first-order chi connectivity index (χ1) is 16.2. The number of anilines is 1. The largest absolute Gasteiger partial charge is 0.411 e. The smallest absolute Gasteiger partial charge is 0.148 e. The van der Waals surface area contributed by atoms with Gasteiger partial charge in [0.05, 0.1) is 16.5 Å². The zero-order valence-electron chi connectivity index (χ0n) is 18.7. The van der Waals surface area contributed by atoms with Crippen molar-refractivity contribution in [2.75, 3.05) is 37.1 Å². The Bertz CT molecular complexity index is 1240. The summed E-state index contributed by atoms with van der Waals surface area (Å²) in [5.74, 6) is 0.842. The fourth-order valence-corrected chi connectivity index (χ4v) is 6.19. The van der Waals surface area contributed by atoms with E-state index in [2.05, 4.69) is 15.5 Å². The van der Waals surface area contributed by atoms with Gasteiger partial charge in [-0.15, -0.1) is 0 Å². The van der Waals surface area contributed by atoms with Gasteiger partial charge in [0, 0.05) is 61.6 Å². The molecule has 2 N–H and O–H groups in total. The number of benzene rings is 1. The van der Waals surface area contributed by atoms with Gasteiger partial charge in [-0.2, -0.15) is 0 Å². The molecule has 0 radical (unpaired) electrons. The molecule has 0 unspecified atom stereocenters. The predicted molar refractivity (Wildman–Crippen MR) is 130 cm³/mol. The quantitative estimate of drug-likeness (QED) is 0.336. The summed E-state index contributed by atoms with van der Waals surface area (Å²) in [7, 11) is -3.17. The van der Waals surface area contributed by atoms with Gasteiger partial charge in [0.15, 0.2) is 0 Å². The Kier molecular flexibility index (Phi) is 7.20. The highest BCUT2D eigenvalue weighted by molar-refractivity contribution is 7.90. The molecule has 11 heteroatoms. The van der Waals surface area contributed by atoms with Crippen molar-refractivity contribution < 1.29 is 22.8 Å². The molecular formula is C23H26ClFN4O4S. The molecule has 2 aliphatic rings. The molecule has 3 heterocycles. The van der Waals surface area contributed by atoms with Crippen LogP contribution in [0.3, 0.4) is 0 Å². The van der Waals surface area contributed by atoms with E-state index in [0.717, 1.165) is 5.56 Å². The highest BCUT2D eigenvalue weighted by Crippen LogP contribution is 2.33. The number of nitrogens with zero attached hydrogens (tertiary/aromatic N) is 3. The molecule has 0 saturated carbocycles. The monoisotopic (exact) mass is 508 g/mol. The Morgan fingerprint density at radius 2 is 2.09 bits per heavy atom. The summed E-state index contributed by atoms with van der Waals surface area (Å²) >= 11 is 5.89. The molecule has 1 fully saturated rings. The van der Waals surface area contributed by atoms with Crippen LogP contribution in [0, 0.1) is 11.2 Å². The van der Waals surface area contributed by atoms with E-state index in [9.17, 15) is 18.0 Å². The van der Waals surface area contributed by atoms with E-state index in [-0.39, 0.29) is 17.2 Å². The normalized spacial score (nSPS) is 19.1. The molecule has 182 valence electrons. The Balaban J connectivity index is 1.54. The van der Waals surface area contributed by atoms with Crippen LogP contribution < -0.4 is 5.32 Å². The topological polar surface area (TPSA) is 113 Å². The number of amidine groups is 1. The summed E-state index contributed by atoms with van der Waals surface area (Å²) < 4.78 is 43.0. The summed E-state index contributed by atoms with van der Waals surface area (Å²) in [5.41, 5.74) is 2.16. The lowest BCUT2D eigenvalue weighted by molar-refractivity contribution is 0.0299. The van der Waals surface area contributed by atoms with E-state index in [1.807, 2.05) is 0 Å². The first-order valence-corrected chi connectivity index (χ1v) is 13.3. The molecule has 0 atom stereocenters. The maximum absolute atomic E-state index is 13.5. The van der Waals surface area contributed by atoms with E-state index in [0.29, 0.717) is 67.5 Å². The van der Waals surface area contributed by atoms with Crippen molar-refractivity contribution in [3.8, 4) is 0 Å². The van der Waals surface area contributed by atoms with Crippen molar-refractivity contribution in [3.63, 3.8) is 0 Å². The maximum atomic E-state index is 13.5. The van der Waals surface area contributed by atoms with Crippen molar-refractivity contribution in [2.24, 2.45) is 15.6 Å². The van der Waals surface area contributed by atoms with Crippen LogP contribution in [0.2, 0.25) is 5.02 Å². The minimum absolute atomic E-state index is 0.00182. The zero-order valence-corrected chi connectivity index (χ0v) is 20.3. The van der Waals surface area contributed by atoms with Crippen LogP contribution >= 0.6 is 11.6 Å². The fraction of sp³-hybridized carbons (Fsp3) is 0.435. The first-order valence-electron chi connectivity index (χ1n) is 10.9. The average molecular weight is 509 g/mol. The van der Waals surface area contributed by atoms with Crippen LogP contribution in [0.4, 0.5) is 10.2 Å². The predicted octanol–water partition coefficient (Wildman–Crippen LogP) is 3.50. The first kappa shape index (κ1) is 24.6. The van der Waals surface area contributed by atoms with E-state index >= 15 is 0 Å². The molecule has 34 heavy (non-hydrogen) atoms. The Hall–Kier alpha value is -2.56. The van der Waals surface area contributed by atoms with Crippen LogP contribution in [0.1, 0.15) is 29.5 Å². The van der Waals surface area contributed by atoms with Crippen LogP contribution in [-0.4, -0.2) is 61.9 Å². The second-order valence-corrected chi connectivity index (χ2v) is 11.5. The molecule has 4 rings (SSSR count). The molecule has 0 amide bonds. The number of aromatic nitrogens is 1. The van der Waals surface area contributed by atoms with Gasteiger partial charge in [-0.05, 0) is 36.6 Å². The highest BCUT2D eigenvalue weighted by atomic mass is 35.5. The standard InChI is InChI=1S/C23H26ClFN4O4S/c1-34(31,32)14-23(5-8-33-9-6-23)13-27-21-12-17-16(4-7-26-22(17)28-21)20(29-30)11-15-2-3-19(25)18(24)10-15/h2-4,7,10,30H,5-6,8-9,11-14H2,1H3,(H,26,27,28)/b29-20+. The molecule has 0 aliphatic carbocycles. The third kappa shape index (κ3) is 5.73. The third-order valence-corrected chi connectivity index (χ3v) is 7.60. The summed E-state index contributed by atoms with van der Waals surface area (Å²) in [4.78, 5) is 9.11. The van der Waals surface area contributed by atoms with Gasteiger partial charge in [-0.3, -0.25) is 4.99 Å². The number of sulfone groups is 1. The van der Waals surface area contributed by atoms with E-state index < -0.39 is 21.1 Å². The Labute approximate surface area is 202 Å². The summed E-state index contributed by atoms with van der Waals surface area (Å²) in [6.07, 6.45) is 4.81. The number of fused-ring (bicyclic) bond motifs is 1. The molecular weight excluding hydrogens is 483 g/mol. The number of halogens is 2. The molecule has 1 saturated heterocycles. The van der Waals surface area contributed by atoms with E-state index in [1.54, 1.807) is 18.3 Å². The van der Waals surface area contributed by atoms with Gasteiger partial charge in [-0.1, -0.05) is 22.8 Å². The highest BCUT2D eigenvalue weighted by Gasteiger charge is 2.36. The average Bonchev–Trinajstić information content (AvgIpc) is 3.21. The number of rotatable bonds is 7. The van der Waals surface area contributed by atoms with E-state index in [1.165, 1.54) is 18.4 Å². The summed E-state index contributed by atoms with van der Waals surface area (Å²) in [5, 5.41) is 16.4. The number of nitrogens with one attached hydrogen (secondary N) is 1. The molecule has 2 aromatic rings. The molecule has 1 aromatic carbocycles. The minimum atomic E-state index is -3.17. The van der Waals surface area contributed by atoms with Gasteiger partial charge in [0.2, 0.25) is 0 Å². The van der Waals surface area contributed by atoms with Crippen molar-refractivity contribution in [1.82, 2.24) is 4.98 Å². The second kappa shape index (κ2) is 9.97. The number of pyridine rings is 1. The van der Waals surface area contributed by atoms with Crippen LogP contribution in [0.5, 0.6) is 0 Å². The number of hydrogen-bond acceptors (Lipinski definition) is 7. The molecule has 0 bridgehead atoms. The van der Waals surface area contributed by atoms with Crippen molar-refractivity contribution >= 4 is 38.8 Å². The van der Waals surface area contributed by atoms with Crippen molar-refractivity contribution in [2.45, 2.75) is 25.7 Å². The lowest BCUT2D eigenvalue weighted by Gasteiger charge is -2.35. The van der Waals surface area contributed by atoms with Gasteiger partial charge in [0.25, 0.3) is 0 Å². The van der Waals surface area contributed by atoms with Gasteiger partial charge in [0.1, 0.15) is 27.3 Å². The maximum Gasteiger partial charge on any atom is 0.148 e. The van der Waals surface area contributed by atoms with Crippen molar-refractivity contribution in [1.29, 1.82) is 0 Å². The lowest BCUT2D eigenvalue weighted by Crippen LogP contribution is -2.39. The third-order valence-electron chi connectivity index (χ3n) is 6.18. The summed E-state index contributed by atoms with van der Waals surface area (Å²) in [6, 6.07) is 6.13. The molecule has 8 nitrogen and oxygen atoms in total. The number of oxime groups is 1. The SMILES string of the molecule is CS(=O)(=O)CC1(CN=C2Cc3c(/C(Cc4ccc(F)c(Cl)c4)=N/O)ccnc3N2)CCOCC1. The summed E-state index contributed by atoms with van der Waals surface area (Å²) in [6.45, 7) is 1.40. The fourth-order valence-electron chi connectivity index (χ4n) is 4.49. The second-order valence-electron chi connectivity index (χ2n) is 8.90. The van der Waals surface area contributed by atoms with Gasteiger partial charge in [-0.25, -0.2) is 17.8 Å². The Morgan fingerprint density at radius 3 is 2.76 bits per heavy atom. The lowest BCUT2D eigenvalue weighted by atomic mass is 9.82. The molecule has 0 spiro atoms. The Morgan fingerprint density at radius 1 is 1.32 bits per heavy atom. The number of aliphatic imine (C=N–C) groups is 1. The molecule has 1 aromatic heterocycles. The zero-order chi connectivity index (χ0) is 24.3. The van der Waals surface area contributed by atoms with Crippen LogP contribution in [0.15, 0.2) is 40.6 Å². The van der Waals surface area contributed by atoms with Gasteiger partial charge < -0.3 is 15.3 Å². The van der Waals surface area contributed by atoms with Gasteiger partial charge >= 0.3 is 0 Å². The van der Waals surface area contributed by atoms with Crippen molar-refractivity contribution in [3.05, 3.63) is 58.0 Å².